The molecule has 4 aromatic carbocycles. The second-order valence-electron chi connectivity index (χ2n) is 9.44. The molecule has 0 saturated carbocycles. The van der Waals surface area contributed by atoms with Crippen LogP contribution in [0.5, 0.6) is 23.0 Å². The second kappa shape index (κ2) is 14.6. The Labute approximate surface area is 245 Å². The minimum absolute atomic E-state index is 0.0762. The van der Waals surface area contributed by atoms with Crippen LogP contribution in [0.3, 0.4) is 0 Å². The minimum atomic E-state index is -0.359. The normalized spacial score (nSPS) is 10.5. The van der Waals surface area contributed by atoms with Gasteiger partial charge in [0.15, 0.2) is 0 Å². The van der Waals surface area contributed by atoms with Crippen molar-refractivity contribution in [1.29, 1.82) is 0 Å². The first-order chi connectivity index (χ1) is 20.4. The number of benzene rings is 4. The molecule has 0 saturated heterocycles. The van der Waals surface area contributed by atoms with Crippen LogP contribution in [-0.4, -0.2) is 40.4 Å². The van der Waals surface area contributed by atoms with E-state index >= 15 is 0 Å². The van der Waals surface area contributed by atoms with Crippen molar-refractivity contribution in [1.82, 2.24) is 0 Å². The van der Waals surface area contributed by atoms with E-state index in [1.54, 1.807) is 40.6 Å². The fraction of sp³-hybridized carbons (Fsp3) is 0.235. The number of carbonyl (C=O) groups excluding carboxylic acids is 2. The van der Waals surface area contributed by atoms with Gasteiger partial charge in [0.25, 0.3) is 0 Å². The molecule has 0 heterocycles. The zero-order valence-electron chi connectivity index (χ0n) is 24.2. The zero-order chi connectivity index (χ0) is 29.9. The highest BCUT2D eigenvalue weighted by atomic mass is 16.5. The average molecular weight is 571 g/mol. The molecule has 8 nitrogen and oxygen atoms in total. The number of carbonyl (C=O) groups is 2. The molecule has 0 spiro atoms. The van der Waals surface area contributed by atoms with Crippen LogP contribution in [-0.2, 0) is 45.1 Å². The van der Waals surface area contributed by atoms with Crippen molar-refractivity contribution in [2.75, 3.05) is 28.4 Å². The fourth-order valence-electron chi connectivity index (χ4n) is 4.36. The van der Waals surface area contributed by atoms with Gasteiger partial charge < -0.3 is 28.4 Å². The van der Waals surface area contributed by atoms with E-state index in [0.29, 0.717) is 11.5 Å². The third kappa shape index (κ3) is 8.04. The van der Waals surface area contributed by atoms with Crippen molar-refractivity contribution in [2.45, 2.75) is 26.1 Å². The van der Waals surface area contributed by atoms with Crippen molar-refractivity contribution in [2.24, 2.45) is 0 Å². The Kier molecular flexibility index (Phi) is 10.4. The molecule has 0 amide bonds. The van der Waals surface area contributed by atoms with E-state index in [0.717, 1.165) is 44.9 Å². The third-order valence-electron chi connectivity index (χ3n) is 6.63. The van der Waals surface area contributed by atoms with Gasteiger partial charge in [-0.2, -0.15) is 0 Å². The van der Waals surface area contributed by atoms with Crippen molar-refractivity contribution in [3.63, 3.8) is 0 Å². The monoisotopic (exact) mass is 570 g/mol. The van der Waals surface area contributed by atoms with Crippen LogP contribution >= 0.6 is 0 Å². The van der Waals surface area contributed by atoms with Gasteiger partial charge in [0.05, 0.1) is 41.3 Å². The number of methoxy groups -OCH3 is 4. The first-order valence-corrected chi connectivity index (χ1v) is 13.3. The summed E-state index contributed by atoms with van der Waals surface area (Å²) in [7, 11) is 6.36. The molecule has 0 aliphatic heterocycles. The molecule has 0 aliphatic rings. The first-order valence-electron chi connectivity index (χ1n) is 13.3. The standard InChI is InChI=1S/C34H34O8/c1-37-27-11-5-23(6-12-27)21-41-33(35)19-25-9-15-31(39-3)29(17-25)30-18-26(10-16-32(30)40-4)20-34(36)42-22-24-7-13-28(38-2)14-8-24/h5-18H,19-22H2,1-4H3. The van der Waals surface area contributed by atoms with E-state index in [2.05, 4.69) is 0 Å². The third-order valence-corrected chi connectivity index (χ3v) is 6.63. The number of esters is 2. The van der Waals surface area contributed by atoms with Crippen LogP contribution in [0.25, 0.3) is 11.1 Å². The molecule has 0 radical (unpaired) electrons. The lowest BCUT2D eigenvalue weighted by atomic mass is 9.97. The maximum atomic E-state index is 12.6. The molecule has 0 atom stereocenters. The summed E-state index contributed by atoms with van der Waals surface area (Å²) in [5.41, 5.74) is 4.67. The van der Waals surface area contributed by atoms with Gasteiger partial charge in [-0.25, -0.2) is 0 Å². The Hall–Kier alpha value is -4.98. The van der Waals surface area contributed by atoms with Gasteiger partial charge in [-0.3, -0.25) is 9.59 Å². The summed E-state index contributed by atoms with van der Waals surface area (Å²) in [5.74, 6) is 1.96. The largest absolute Gasteiger partial charge is 0.497 e. The molecule has 0 fully saturated rings. The van der Waals surface area contributed by atoms with E-state index in [-0.39, 0.29) is 38.0 Å². The Morgan fingerprint density at radius 2 is 0.833 bits per heavy atom. The van der Waals surface area contributed by atoms with Crippen molar-refractivity contribution >= 4 is 11.9 Å². The van der Waals surface area contributed by atoms with Crippen LogP contribution in [0, 0.1) is 0 Å². The van der Waals surface area contributed by atoms with Gasteiger partial charge in [-0.15, -0.1) is 0 Å². The van der Waals surface area contributed by atoms with Crippen LogP contribution in [0.4, 0.5) is 0 Å². The van der Waals surface area contributed by atoms with Crippen molar-refractivity contribution in [3.05, 3.63) is 107 Å². The van der Waals surface area contributed by atoms with Crippen LogP contribution in [0.15, 0.2) is 84.9 Å². The van der Waals surface area contributed by atoms with Crippen molar-refractivity contribution in [3.8, 4) is 34.1 Å². The highest BCUT2D eigenvalue weighted by Gasteiger charge is 2.16. The predicted octanol–water partition coefficient (Wildman–Crippen LogP) is 5.96. The molecule has 8 heteroatoms. The van der Waals surface area contributed by atoms with E-state index in [4.69, 9.17) is 28.4 Å². The summed E-state index contributed by atoms with van der Waals surface area (Å²) in [6, 6.07) is 25.7. The Balaban J connectivity index is 1.46. The van der Waals surface area contributed by atoms with Crippen LogP contribution < -0.4 is 18.9 Å². The van der Waals surface area contributed by atoms with Gasteiger partial charge in [-0.1, -0.05) is 36.4 Å². The highest BCUT2D eigenvalue weighted by Crippen LogP contribution is 2.38. The Bertz CT molecular complexity index is 1380. The lowest BCUT2D eigenvalue weighted by Crippen LogP contribution is -2.09. The maximum Gasteiger partial charge on any atom is 0.310 e. The minimum Gasteiger partial charge on any atom is -0.497 e. The molecule has 0 bridgehead atoms. The molecule has 218 valence electrons. The van der Waals surface area contributed by atoms with Crippen LogP contribution in [0.2, 0.25) is 0 Å². The van der Waals surface area contributed by atoms with E-state index < -0.39 is 0 Å². The molecular weight excluding hydrogens is 536 g/mol. The van der Waals surface area contributed by atoms with Crippen LogP contribution in [0.1, 0.15) is 22.3 Å². The highest BCUT2D eigenvalue weighted by molar-refractivity contribution is 5.80. The zero-order valence-corrected chi connectivity index (χ0v) is 24.2. The van der Waals surface area contributed by atoms with Gasteiger partial charge in [0, 0.05) is 11.1 Å². The quantitative estimate of drug-likeness (QED) is 0.182. The summed E-state index contributed by atoms with van der Waals surface area (Å²) in [5, 5.41) is 0. The van der Waals surface area contributed by atoms with Gasteiger partial charge >= 0.3 is 11.9 Å². The smallest absolute Gasteiger partial charge is 0.310 e. The van der Waals surface area contributed by atoms with E-state index in [1.807, 2.05) is 72.8 Å². The van der Waals surface area contributed by atoms with E-state index in [1.165, 1.54) is 0 Å². The molecule has 42 heavy (non-hydrogen) atoms. The lowest BCUT2D eigenvalue weighted by molar-refractivity contribution is -0.145. The Morgan fingerprint density at radius 3 is 1.17 bits per heavy atom. The first kappa shape index (κ1) is 30.0. The van der Waals surface area contributed by atoms with Crippen molar-refractivity contribution < 1.29 is 38.0 Å². The van der Waals surface area contributed by atoms with E-state index in [9.17, 15) is 9.59 Å². The lowest BCUT2D eigenvalue weighted by Gasteiger charge is -2.15. The number of hydrogen-bond acceptors (Lipinski definition) is 8. The summed E-state index contributed by atoms with van der Waals surface area (Å²) in [4.78, 5) is 25.3. The summed E-state index contributed by atoms with van der Waals surface area (Å²) < 4.78 is 32.6. The van der Waals surface area contributed by atoms with Gasteiger partial charge in [0.2, 0.25) is 0 Å². The van der Waals surface area contributed by atoms with Gasteiger partial charge in [0.1, 0.15) is 36.2 Å². The fourth-order valence-corrected chi connectivity index (χ4v) is 4.36. The summed E-state index contributed by atoms with van der Waals surface area (Å²) in [6.07, 6.45) is 0.152. The molecule has 4 aromatic rings. The molecule has 0 aromatic heterocycles. The summed E-state index contributed by atoms with van der Waals surface area (Å²) in [6.45, 7) is 0.326. The maximum absolute atomic E-state index is 12.6. The number of rotatable bonds is 13. The number of ether oxygens (including phenoxy) is 6. The molecule has 0 N–H and O–H groups in total. The molecule has 0 aliphatic carbocycles. The summed E-state index contributed by atoms with van der Waals surface area (Å²) >= 11 is 0. The topological polar surface area (TPSA) is 89.5 Å². The molecule has 4 rings (SSSR count). The van der Waals surface area contributed by atoms with Gasteiger partial charge in [-0.05, 0) is 70.8 Å². The average Bonchev–Trinajstić information content (AvgIpc) is 3.03. The number of hydrogen-bond donors (Lipinski definition) is 0. The second-order valence-corrected chi connectivity index (χ2v) is 9.44. The molecular formula is C34H34O8. The Morgan fingerprint density at radius 1 is 0.476 bits per heavy atom. The molecule has 0 unspecified atom stereocenters. The SMILES string of the molecule is COc1ccc(COC(=O)Cc2ccc(OC)c(-c3cc(CC(=O)OCc4ccc(OC)cc4)ccc3OC)c2)cc1. The predicted molar refractivity (Wildman–Crippen MR) is 158 cm³/mol.